The Labute approximate surface area is 96.9 Å². The first-order valence-corrected chi connectivity index (χ1v) is 6.07. The third-order valence-corrected chi connectivity index (χ3v) is 3.17. The molecule has 1 atom stereocenters. The fraction of sp³-hybridized carbons (Fsp3) is 0.833. The summed E-state index contributed by atoms with van der Waals surface area (Å²) in [4.78, 5) is 12.9. The number of carbonyl (C=O) groups is 1. The lowest BCUT2D eigenvalue weighted by Gasteiger charge is -2.35. The van der Waals surface area contributed by atoms with E-state index in [1.165, 1.54) is 12.8 Å². The van der Waals surface area contributed by atoms with Crippen molar-refractivity contribution in [1.29, 1.82) is 5.26 Å². The van der Waals surface area contributed by atoms with Crippen molar-refractivity contribution in [2.75, 3.05) is 13.1 Å². The number of likely N-dealkylation sites (tertiary alicyclic amines) is 1. The Kier molecular flexibility index (Phi) is 5.87. The van der Waals surface area contributed by atoms with Crippen LogP contribution in [-0.2, 0) is 4.79 Å². The van der Waals surface area contributed by atoms with Gasteiger partial charge in [0.05, 0.1) is 6.07 Å². The summed E-state index contributed by atoms with van der Waals surface area (Å²) in [6.07, 6.45) is 6.04. The molecular formula is C12H20N2O2. The zero-order chi connectivity index (χ0) is 11.8. The molecule has 1 rings (SSSR count). The third kappa shape index (κ3) is 4.63. The lowest BCUT2D eigenvalue weighted by atomic mass is 9.97. The number of carboxylic acids is 1. The van der Waals surface area contributed by atoms with E-state index in [4.69, 9.17) is 10.4 Å². The van der Waals surface area contributed by atoms with E-state index in [2.05, 4.69) is 11.0 Å². The second kappa shape index (κ2) is 7.24. The summed E-state index contributed by atoms with van der Waals surface area (Å²) in [7, 11) is 0. The maximum Gasteiger partial charge on any atom is 0.303 e. The molecule has 1 aliphatic rings. The van der Waals surface area contributed by atoms with Gasteiger partial charge in [0, 0.05) is 18.9 Å². The largest absolute Gasteiger partial charge is 0.481 e. The van der Waals surface area contributed by atoms with E-state index in [1.54, 1.807) is 0 Å². The Bertz CT molecular complexity index is 260. The quantitative estimate of drug-likeness (QED) is 0.701. The van der Waals surface area contributed by atoms with Gasteiger partial charge >= 0.3 is 5.97 Å². The molecule has 0 aromatic carbocycles. The van der Waals surface area contributed by atoms with Gasteiger partial charge in [-0.2, -0.15) is 5.26 Å². The van der Waals surface area contributed by atoms with E-state index in [1.807, 2.05) is 0 Å². The molecule has 0 spiro atoms. The summed E-state index contributed by atoms with van der Waals surface area (Å²) in [5.41, 5.74) is 0. The van der Waals surface area contributed by atoms with Crippen molar-refractivity contribution in [3.63, 3.8) is 0 Å². The number of nitrogens with zero attached hydrogens (tertiary/aromatic N) is 2. The van der Waals surface area contributed by atoms with Crippen LogP contribution in [0.4, 0.5) is 0 Å². The minimum absolute atomic E-state index is 0.263. The van der Waals surface area contributed by atoms with Gasteiger partial charge in [0.15, 0.2) is 0 Å². The Morgan fingerprint density at radius 2 is 2.31 bits per heavy atom. The molecule has 1 aliphatic heterocycles. The number of hydrogen-bond acceptors (Lipinski definition) is 3. The maximum atomic E-state index is 10.5. The lowest BCUT2D eigenvalue weighted by Crippen LogP contribution is -2.40. The van der Waals surface area contributed by atoms with E-state index in [9.17, 15) is 4.79 Å². The molecule has 4 nitrogen and oxygen atoms in total. The molecule has 0 radical (unpaired) electrons. The van der Waals surface area contributed by atoms with Gasteiger partial charge < -0.3 is 10.0 Å². The summed E-state index contributed by atoms with van der Waals surface area (Å²) in [5, 5.41) is 17.2. The predicted octanol–water partition coefficient (Wildman–Crippen LogP) is 2.01. The van der Waals surface area contributed by atoms with Crippen LogP contribution in [-0.4, -0.2) is 35.1 Å². The van der Waals surface area contributed by atoms with Crippen LogP contribution in [0.3, 0.4) is 0 Å². The molecule has 0 amide bonds. The number of rotatable bonds is 6. The molecule has 0 aliphatic carbocycles. The molecule has 0 saturated carbocycles. The molecule has 1 heterocycles. The zero-order valence-electron chi connectivity index (χ0n) is 9.69. The highest BCUT2D eigenvalue weighted by molar-refractivity contribution is 5.66. The van der Waals surface area contributed by atoms with Gasteiger partial charge in [-0.25, -0.2) is 0 Å². The van der Waals surface area contributed by atoms with Crippen LogP contribution in [0.25, 0.3) is 0 Å². The molecule has 1 N–H and O–H groups in total. The van der Waals surface area contributed by atoms with E-state index in [0.717, 1.165) is 32.4 Å². The van der Waals surface area contributed by atoms with Gasteiger partial charge in [-0.15, -0.1) is 0 Å². The van der Waals surface area contributed by atoms with Gasteiger partial charge in [-0.05, 0) is 38.8 Å². The molecule has 4 heteroatoms. The fourth-order valence-electron chi connectivity index (χ4n) is 2.33. The Balaban J connectivity index is 2.32. The van der Waals surface area contributed by atoms with Crippen LogP contribution in [0.5, 0.6) is 0 Å². The van der Waals surface area contributed by atoms with Gasteiger partial charge in [-0.3, -0.25) is 4.79 Å². The highest BCUT2D eigenvalue weighted by atomic mass is 16.4. The molecule has 1 saturated heterocycles. The summed E-state index contributed by atoms with van der Waals surface area (Å²) < 4.78 is 0. The highest BCUT2D eigenvalue weighted by Gasteiger charge is 2.22. The molecule has 0 aromatic rings. The van der Waals surface area contributed by atoms with Crippen molar-refractivity contribution >= 4 is 5.97 Å². The van der Waals surface area contributed by atoms with E-state index < -0.39 is 5.97 Å². The Morgan fingerprint density at radius 1 is 1.50 bits per heavy atom. The second-order valence-electron chi connectivity index (χ2n) is 4.38. The monoisotopic (exact) mass is 224 g/mol. The Morgan fingerprint density at radius 3 is 3.00 bits per heavy atom. The summed E-state index contributed by atoms with van der Waals surface area (Å²) in [5.74, 6) is -0.706. The number of aliphatic carboxylic acids is 1. The summed E-state index contributed by atoms with van der Waals surface area (Å²) >= 11 is 0. The first kappa shape index (κ1) is 13.0. The normalized spacial score (nSPS) is 21.6. The van der Waals surface area contributed by atoms with E-state index in [0.29, 0.717) is 12.5 Å². The van der Waals surface area contributed by atoms with Gasteiger partial charge in [-0.1, -0.05) is 6.42 Å². The van der Waals surface area contributed by atoms with Gasteiger partial charge in [0.1, 0.15) is 0 Å². The molecule has 0 aromatic heterocycles. The first-order chi connectivity index (χ1) is 7.74. The molecule has 1 unspecified atom stereocenters. The average Bonchev–Trinajstić information content (AvgIpc) is 2.28. The van der Waals surface area contributed by atoms with Gasteiger partial charge in [0.2, 0.25) is 0 Å². The fourth-order valence-corrected chi connectivity index (χ4v) is 2.33. The summed E-state index contributed by atoms with van der Waals surface area (Å²) in [6.45, 7) is 2.01. The van der Waals surface area contributed by atoms with E-state index in [-0.39, 0.29) is 6.42 Å². The number of unbranched alkanes of at least 4 members (excludes halogenated alkanes) is 1. The van der Waals surface area contributed by atoms with Crippen LogP contribution in [0, 0.1) is 11.3 Å². The number of nitriles is 1. The van der Waals surface area contributed by atoms with Crippen LogP contribution >= 0.6 is 0 Å². The van der Waals surface area contributed by atoms with Crippen molar-refractivity contribution in [2.45, 2.75) is 51.0 Å². The van der Waals surface area contributed by atoms with Crippen LogP contribution in [0.2, 0.25) is 0 Å². The average molecular weight is 224 g/mol. The van der Waals surface area contributed by atoms with E-state index >= 15 is 0 Å². The maximum absolute atomic E-state index is 10.5. The molecule has 0 bridgehead atoms. The Hall–Kier alpha value is -1.08. The number of piperidine rings is 1. The minimum atomic E-state index is -0.706. The topological polar surface area (TPSA) is 64.3 Å². The standard InChI is InChI=1S/C12H20N2O2/c13-8-2-4-10-14-9-3-1-5-11(14)6-7-12(15)16/h11H,1-7,9-10H2,(H,15,16). The SMILES string of the molecule is N#CCCCN1CCCCC1CCC(=O)O. The van der Waals surface area contributed by atoms with Crippen molar-refractivity contribution < 1.29 is 9.90 Å². The molecule has 1 fully saturated rings. The smallest absolute Gasteiger partial charge is 0.303 e. The first-order valence-electron chi connectivity index (χ1n) is 6.07. The van der Waals surface area contributed by atoms with Crippen molar-refractivity contribution in [3.8, 4) is 6.07 Å². The molecular weight excluding hydrogens is 204 g/mol. The minimum Gasteiger partial charge on any atom is -0.481 e. The highest BCUT2D eigenvalue weighted by Crippen LogP contribution is 2.21. The number of hydrogen-bond donors (Lipinski definition) is 1. The second-order valence-corrected chi connectivity index (χ2v) is 4.38. The van der Waals surface area contributed by atoms with Crippen molar-refractivity contribution in [3.05, 3.63) is 0 Å². The van der Waals surface area contributed by atoms with Crippen molar-refractivity contribution in [1.82, 2.24) is 4.90 Å². The van der Waals surface area contributed by atoms with Crippen LogP contribution in [0.15, 0.2) is 0 Å². The van der Waals surface area contributed by atoms with Crippen molar-refractivity contribution in [2.24, 2.45) is 0 Å². The van der Waals surface area contributed by atoms with Crippen LogP contribution in [0.1, 0.15) is 44.9 Å². The number of carboxylic acid groups (broad SMARTS) is 1. The molecule has 16 heavy (non-hydrogen) atoms. The zero-order valence-corrected chi connectivity index (χ0v) is 9.69. The lowest BCUT2D eigenvalue weighted by molar-refractivity contribution is -0.137. The van der Waals surface area contributed by atoms with Gasteiger partial charge in [0.25, 0.3) is 0 Å². The molecule has 90 valence electrons. The third-order valence-electron chi connectivity index (χ3n) is 3.17. The van der Waals surface area contributed by atoms with Crippen LogP contribution < -0.4 is 0 Å². The predicted molar refractivity (Wildman–Crippen MR) is 60.9 cm³/mol. The summed E-state index contributed by atoms with van der Waals surface area (Å²) in [6, 6.07) is 2.57.